The number of rotatable bonds is 1. The van der Waals surface area contributed by atoms with Crippen LogP contribution in [0, 0.1) is 0 Å². The quantitative estimate of drug-likeness (QED) is 0.385. The van der Waals surface area contributed by atoms with Gasteiger partial charge < -0.3 is 10.1 Å². The third-order valence-electron chi connectivity index (χ3n) is 0.409. The van der Waals surface area contributed by atoms with E-state index in [9.17, 15) is 4.79 Å². The molecule has 3 nitrogen and oxygen atoms in total. The highest BCUT2D eigenvalue weighted by atomic mass is 32.1. The summed E-state index contributed by atoms with van der Waals surface area (Å²) >= 11 is 3.70. The fraction of sp³-hybridized carbons (Fsp3) is 0.667. The molecule has 0 aromatic rings. The van der Waals surface area contributed by atoms with Gasteiger partial charge in [0.15, 0.2) is 0 Å². The molecule has 4 heteroatoms. The number of ether oxygens (including phenoxy) is 1. The van der Waals surface area contributed by atoms with Gasteiger partial charge in [-0.25, -0.2) is 4.79 Å². The van der Waals surface area contributed by atoms with Crippen LogP contribution < -0.4 is 5.32 Å². The minimum absolute atomic E-state index is 0.312. The highest BCUT2D eigenvalue weighted by Crippen LogP contribution is 1.70. The van der Waals surface area contributed by atoms with Crippen LogP contribution in [0.4, 0.5) is 4.79 Å². The zero-order valence-electron chi connectivity index (χ0n) is 3.97. The number of carbonyl (C=O) groups excluding carboxylic acids is 1. The second-order valence-electron chi connectivity index (χ2n) is 0.826. The third-order valence-corrected chi connectivity index (χ3v) is 0.567. The minimum atomic E-state index is -0.449. The number of hydrogen-bond donors (Lipinski definition) is 2. The lowest BCUT2D eigenvalue weighted by Gasteiger charge is -1.94. The van der Waals surface area contributed by atoms with Gasteiger partial charge in [-0.05, 0) is 0 Å². The molecule has 0 radical (unpaired) electrons. The second kappa shape index (κ2) is 3.80. The number of hydrogen-bond acceptors (Lipinski definition) is 3. The first-order valence-electron chi connectivity index (χ1n) is 1.74. The number of thiol groups is 1. The monoisotopic (exact) mass is 121 g/mol. The van der Waals surface area contributed by atoms with Crippen molar-refractivity contribution in [3.05, 3.63) is 0 Å². The molecule has 0 saturated heterocycles. The molecular weight excluding hydrogens is 114 g/mol. The Hall–Kier alpha value is -0.380. The standard InChI is InChI=1S/C3H7NO2S/c1-6-3(5)4-2-7/h7H,2H2,1H3,(H,4,5). The van der Waals surface area contributed by atoms with Crippen LogP contribution in [0.15, 0.2) is 0 Å². The molecule has 7 heavy (non-hydrogen) atoms. The summed E-state index contributed by atoms with van der Waals surface area (Å²) in [6.45, 7) is 0. The Bertz CT molecular complexity index is 66.0. The first-order chi connectivity index (χ1) is 3.31. The lowest BCUT2D eigenvalue weighted by molar-refractivity contribution is 0.173. The van der Waals surface area contributed by atoms with Crippen LogP contribution in [0.5, 0.6) is 0 Å². The molecule has 0 spiro atoms. The van der Waals surface area contributed by atoms with Crippen molar-refractivity contribution >= 4 is 18.7 Å². The van der Waals surface area contributed by atoms with Gasteiger partial charge in [-0.2, -0.15) is 12.6 Å². The van der Waals surface area contributed by atoms with Crippen molar-refractivity contribution < 1.29 is 9.53 Å². The second-order valence-corrected chi connectivity index (χ2v) is 1.14. The molecule has 0 bridgehead atoms. The van der Waals surface area contributed by atoms with Crippen LogP contribution in [0.2, 0.25) is 0 Å². The predicted octanol–water partition coefficient (Wildman–Crippen LogP) is 0.230. The largest absolute Gasteiger partial charge is 0.453 e. The Morgan fingerprint density at radius 2 is 2.57 bits per heavy atom. The Labute approximate surface area is 47.4 Å². The summed E-state index contributed by atoms with van der Waals surface area (Å²) in [5, 5.41) is 2.30. The molecule has 1 amide bonds. The number of carbonyl (C=O) groups is 1. The first kappa shape index (κ1) is 6.62. The molecule has 0 rings (SSSR count). The summed E-state index contributed by atoms with van der Waals surface area (Å²) in [4.78, 5) is 10.0. The Balaban J connectivity index is 3.00. The van der Waals surface area contributed by atoms with Crippen LogP contribution in [-0.2, 0) is 4.74 Å². The highest BCUT2D eigenvalue weighted by molar-refractivity contribution is 7.80. The fourth-order valence-electron chi connectivity index (χ4n) is 0.137. The van der Waals surface area contributed by atoms with Crippen LogP contribution in [0.1, 0.15) is 0 Å². The summed E-state index contributed by atoms with van der Waals surface area (Å²) in [5.74, 6) is 0.312. The van der Waals surface area contributed by atoms with Crippen molar-refractivity contribution in [3.8, 4) is 0 Å². The van der Waals surface area contributed by atoms with Gasteiger partial charge in [0.2, 0.25) is 0 Å². The SMILES string of the molecule is COC(=O)NCS. The van der Waals surface area contributed by atoms with Crippen molar-refractivity contribution in [2.24, 2.45) is 0 Å². The van der Waals surface area contributed by atoms with Crippen molar-refractivity contribution in [2.75, 3.05) is 13.0 Å². The van der Waals surface area contributed by atoms with Crippen LogP contribution in [0.25, 0.3) is 0 Å². The van der Waals surface area contributed by atoms with Crippen LogP contribution in [0.3, 0.4) is 0 Å². The molecule has 0 unspecified atom stereocenters. The predicted molar refractivity (Wildman–Crippen MR) is 29.4 cm³/mol. The van der Waals surface area contributed by atoms with E-state index >= 15 is 0 Å². The fourth-order valence-corrected chi connectivity index (χ4v) is 0.266. The summed E-state index contributed by atoms with van der Waals surface area (Å²) in [7, 11) is 1.30. The molecule has 0 aromatic carbocycles. The summed E-state index contributed by atoms with van der Waals surface area (Å²) < 4.78 is 4.19. The van der Waals surface area contributed by atoms with Gasteiger partial charge in [0.1, 0.15) is 0 Å². The van der Waals surface area contributed by atoms with E-state index in [0.29, 0.717) is 5.88 Å². The maximum atomic E-state index is 10.0. The molecule has 0 aromatic heterocycles. The normalized spacial score (nSPS) is 7.71. The van der Waals surface area contributed by atoms with Gasteiger partial charge in [-0.3, -0.25) is 0 Å². The zero-order valence-corrected chi connectivity index (χ0v) is 4.87. The van der Waals surface area contributed by atoms with Crippen molar-refractivity contribution in [2.45, 2.75) is 0 Å². The van der Waals surface area contributed by atoms with Crippen LogP contribution in [-0.4, -0.2) is 19.1 Å². The highest BCUT2D eigenvalue weighted by Gasteiger charge is 1.89. The maximum absolute atomic E-state index is 10.0. The van der Waals surface area contributed by atoms with Gasteiger partial charge in [-0.15, -0.1) is 0 Å². The molecule has 0 aliphatic heterocycles. The van der Waals surface area contributed by atoms with Gasteiger partial charge in [0.05, 0.1) is 13.0 Å². The lowest BCUT2D eigenvalue weighted by atomic mass is 11.1. The van der Waals surface area contributed by atoms with Crippen molar-refractivity contribution in [1.29, 1.82) is 0 Å². The Morgan fingerprint density at radius 1 is 2.00 bits per heavy atom. The van der Waals surface area contributed by atoms with E-state index in [-0.39, 0.29) is 0 Å². The van der Waals surface area contributed by atoms with Crippen molar-refractivity contribution in [3.63, 3.8) is 0 Å². The van der Waals surface area contributed by atoms with E-state index in [0.717, 1.165) is 0 Å². The third kappa shape index (κ3) is 3.45. The van der Waals surface area contributed by atoms with E-state index in [1.165, 1.54) is 7.11 Å². The molecule has 0 aliphatic carbocycles. The number of alkyl carbamates (subject to hydrolysis) is 1. The molecule has 42 valence electrons. The van der Waals surface area contributed by atoms with Gasteiger partial charge in [0, 0.05) is 0 Å². The lowest BCUT2D eigenvalue weighted by Crippen LogP contribution is -2.20. The molecule has 0 atom stereocenters. The van der Waals surface area contributed by atoms with E-state index < -0.39 is 6.09 Å². The molecule has 0 fully saturated rings. The number of nitrogens with one attached hydrogen (secondary N) is 1. The Morgan fingerprint density at radius 3 is 2.71 bits per heavy atom. The maximum Gasteiger partial charge on any atom is 0.407 e. The smallest absolute Gasteiger partial charge is 0.407 e. The molecule has 0 aliphatic rings. The topological polar surface area (TPSA) is 38.3 Å². The Kier molecular flexibility index (Phi) is 3.59. The summed E-state index contributed by atoms with van der Waals surface area (Å²) in [5.41, 5.74) is 0. The van der Waals surface area contributed by atoms with E-state index in [1.54, 1.807) is 0 Å². The average Bonchev–Trinajstić information content (AvgIpc) is 1.68. The summed E-state index contributed by atoms with van der Waals surface area (Å²) in [6.07, 6.45) is -0.449. The number of amides is 1. The van der Waals surface area contributed by atoms with Gasteiger partial charge >= 0.3 is 6.09 Å². The van der Waals surface area contributed by atoms with Gasteiger partial charge in [-0.1, -0.05) is 0 Å². The minimum Gasteiger partial charge on any atom is -0.453 e. The summed E-state index contributed by atoms with van der Waals surface area (Å²) in [6, 6.07) is 0. The number of methoxy groups -OCH3 is 1. The van der Waals surface area contributed by atoms with E-state index in [2.05, 4.69) is 22.7 Å². The molecule has 0 heterocycles. The van der Waals surface area contributed by atoms with Crippen molar-refractivity contribution in [1.82, 2.24) is 5.32 Å². The van der Waals surface area contributed by atoms with E-state index in [4.69, 9.17) is 0 Å². The van der Waals surface area contributed by atoms with E-state index in [1.807, 2.05) is 0 Å². The zero-order chi connectivity index (χ0) is 5.70. The van der Waals surface area contributed by atoms with Crippen LogP contribution >= 0.6 is 12.6 Å². The average molecular weight is 121 g/mol. The molecule has 0 saturated carbocycles. The first-order valence-corrected chi connectivity index (χ1v) is 2.37. The van der Waals surface area contributed by atoms with Gasteiger partial charge in [0.25, 0.3) is 0 Å². The molecular formula is C3H7NO2S. The molecule has 1 N–H and O–H groups in total.